The molecule has 4 aliphatic rings. The monoisotopic (exact) mass is 590 g/mol. The molecular weight excluding hydrogens is 541 g/mol. The molecule has 4 bridgehead atoms. The summed E-state index contributed by atoms with van der Waals surface area (Å²) in [6.45, 7) is 4.45. The molecule has 1 aliphatic heterocycles. The molecule has 2 aromatic rings. The number of benzene rings is 2. The lowest BCUT2D eigenvalue weighted by Crippen LogP contribution is -2.47. The average Bonchev–Trinajstić information content (AvgIpc) is 2.93. The zero-order valence-electron chi connectivity index (χ0n) is 25.1. The van der Waals surface area contributed by atoms with Crippen LogP contribution in [-0.4, -0.2) is 27.8 Å². The molecular formula is C37H50O2S2. The van der Waals surface area contributed by atoms with Gasteiger partial charge in [-0.3, -0.25) is 0 Å². The van der Waals surface area contributed by atoms with E-state index in [0.29, 0.717) is 23.0 Å². The van der Waals surface area contributed by atoms with Crippen LogP contribution >= 0.6 is 21.6 Å². The van der Waals surface area contributed by atoms with Crippen LogP contribution in [-0.2, 0) is 19.3 Å². The van der Waals surface area contributed by atoms with Crippen molar-refractivity contribution in [2.24, 2.45) is 40.9 Å². The lowest BCUT2D eigenvalue weighted by atomic mass is 9.50. The highest BCUT2D eigenvalue weighted by molar-refractivity contribution is 8.76. The lowest BCUT2D eigenvalue weighted by Gasteiger charge is -2.55. The topological polar surface area (TPSA) is 40.5 Å². The lowest BCUT2D eigenvalue weighted by molar-refractivity contribution is -0.0224. The summed E-state index contributed by atoms with van der Waals surface area (Å²) in [5.74, 6) is 6.79. The molecule has 1 spiro atoms. The predicted molar refractivity (Wildman–Crippen MR) is 176 cm³/mol. The molecule has 0 radical (unpaired) electrons. The van der Waals surface area contributed by atoms with E-state index in [4.69, 9.17) is 0 Å². The summed E-state index contributed by atoms with van der Waals surface area (Å²) in [6.07, 6.45) is 18.3. The van der Waals surface area contributed by atoms with Gasteiger partial charge in [0.05, 0.1) is 6.10 Å². The van der Waals surface area contributed by atoms with E-state index < -0.39 is 0 Å². The third-order valence-electron chi connectivity index (χ3n) is 11.2. The van der Waals surface area contributed by atoms with E-state index in [1.54, 1.807) is 0 Å². The molecule has 6 rings (SSSR count). The number of aromatic hydroxyl groups is 1. The third kappa shape index (κ3) is 6.91. The molecule has 2 fully saturated rings. The maximum absolute atomic E-state index is 10.9. The normalized spacial score (nSPS) is 35.2. The number of rotatable bonds is 1. The molecule has 2 saturated carbocycles. The van der Waals surface area contributed by atoms with E-state index in [0.717, 1.165) is 55.1 Å². The van der Waals surface area contributed by atoms with Crippen LogP contribution in [0.25, 0.3) is 0 Å². The number of aliphatic hydroxyl groups is 1. The van der Waals surface area contributed by atoms with Crippen molar-refractivity contribution in [1.29, 1.82) is 0 Å². The van der Waals surface area contributed by atoms with Crippen molar-refractivity contribution >= 4 is 21.6 Å². The Labute approximate surface area is 256 Å². The molecule has 2 N–H and O–H groups in total. The summed E-state index contributed by atoms with van der Waals surface area (Å²) in [5, 5.41) is 21.5. The second kappa shape index (κ2) is 13.1. The Hall–Kier alpha value is -1.36. The highest BCUT2D eigenvalue weighted by Gasteiger charge is 2.50. The number of allylic oxidation sites excluding steroid dienone is 2. The van der Waals surface area contributed by atoms with Crippen LogP contribution < -0.4 is 0 Å². The maximum atomic E-state index is 10.9. The first kappa shape index (κ1) is 29.7. The van der Waals surface area contributed by atoms with Crippen LogP contribution in [0.1, 0.15) is 87.5 Å². The Morgan fingerprint density at radius 3 is 2.61 bits per heavy atom. The molecule has 2 aromatic carbocycles. The first-order valence-electron chi connectivity index (χ1n) is 16.4. The van der Waals surface area contributed by atoms with Crippen molar-refractivity contribution in [1.82, 2.24) is 0 Å². The molecule has 0 unspecified atom stereocenters. The number of aryl methyl sites for hydroxylation is 1. The molecule has 0 aromatic heterocycles. The van der Waals surface area contributed by atoms with Crippen LogP contribution in [0.2, 0.25) is 0 Å². The van der Waals surface area contributed by atoms with Gasteiger partial charge in [0.15, 0.2) is 0 Å². The van der Waals surface area contributed by atoms with E-state index in [2.05, 4.69) is 66.3 Å². The summed E-state index contributed by atoms with van der Waals surface area (Å²) in [5.41, 5.74) is 5.69. The Kier molecular flexibility index (Phi) is 9.49. The van der Waals surface area contributed by atoms with Crippen molar-refractivity contribution in [2.75, 3.05) is 11.5 Å². The van der Waals surface area contributed by atoms with Gasteiger partial charge in [-0.05, 0) is 146 Å². The summed E-state index contributed by atoms with van der Waals surface area (Å²) in [7, 11) is 4.08. The predicted octanol–water partition coefficient (Wildman–Crippen LogP) is 9.27. The third-order valence-corrected chi connectivity index (χ3v) is 13.8. The Morgan fingerprint density at radius 1 is 0.976 bits per heavy atom. The maximum Gasteiger partial charge on any atom is 0.116 e. The van der Waals surface area contributed by atoms with Crippen molar-refractivity contribution in [3.05, 3.63) is 76.9 Å². The van der Waals surface area contributed by atoms with E-state index in [1.807, 2.05) is 23.8 Å². The minimum Gasteiger partial charge on any atom is -0.508 e. The SMILES string of the molecule is C[C@H]1CC=C[C@@]2(CCC[C@@H]3[C@@H]4Cc5cc(O)cc(c5)Cc5ccccc5CC[C@H]([C@H](C)O)CSSC[C@@H](C4)C[C@@H]32)C1. The van der Waals surface area contributed by atoms with Gasteiger partial charge in [-0.2, -0.15) is 0 Å². The van der Waals surface area contributed by atoms with Crippen molar-refractivity contribution in [3.63, 3.8) is 0 Å². The zero-order chi connectivity index (χ0) is 28.4. The first-order valence-corrected chi connectivity index (χ1v) is 18.9. The summed E-state index contributed by atoms with van der Waals surface area (Å²) in [6, 6.07) is 15.2. The van der Waals surface area contributed by atoms with Crippen LogP contribution in [0.5, 0.6) is 5.75 Å². The quantitative estimate of drug-likeness (QED) is 0.257. The van der Waals surface area contributed by atoms with Gasteiger partial charge in [0, 0.05) is 11.5 Å². The number of fused-ring (bicyclic) bond motifs is 8. The van der Waals surface area contributed by atoms with Gasteiger partial charge in [0.25, 0.3) is 0 Å². The molecule has 8 atom stereocenters. The van der Waals surface area contributed by atoms with E-state index >= 15 is 0 Å². The summed E-state index contributed by atoms with van der Waals surface area (Å²) in [4.78, 5) is 0. The molecule has 0 saturated heterocycles. The highest BCUT2D eigenvalue weighted by Crippen LogP contribution is 2.59. The van der Waals surface area contributed by atoms with Crippen LogP contribution in [0.3, 0.4) is 0 Å². The van der Waals surface area contributed by atoms with Gasteiger partial charge in [-0.25, -0.2) is 0 Å². The molecule has 4 heteroatoms. The Balaban J connectivity index is 1.33. The molecule has 222 valence electrons. The number of hydrogen-bond acceptors (Lipinski definition) is 4. The fraction of sp³-hybridized carbons (Fsp3) is 0.622. The van der Waals surface area contributed by atoms with Crippen molar-refractivity contribution < 1.29 is 10.2 Å². The second-order valence-corrected chi connectivity index (χ2v) is 16.8. The number of aliphatic hydroxyl groups excluding tert-OH is 1. The van der Waals surface area contributed by atoms with Gasteiger partial charge in [-0.1, -0.05) is 77.4 Å². The van der Waals surface area contributed by atoms with Crippen molar-refractivity contribution in [3.8, 4) is 5.75 Å². The smallest absolute Gasteiger partial charge is 0.116 e. The van der Waals surface area contributed by atoms with E-state index in [9.17, 15) is 10.2 Å². The average molecular weight is 591 g/mol. The number of phenols is 1. The molecule has 2 nitrogen and oxygen atoms in total. The van der Waals surface area contributed by atoms with E-state index in [-0.39, 0.29) is 6.10 Å². The standard InChI is InChI=1S/C37H50O2S2/c1-25-7-5-13-37(22-25)14-6-10-35-33-17-28-15-27(19-34(39)20-28)16-31-9-4-3-8-30(31)11-12-32(26(2)38)24-41-40-23-29(18-33)21-36(35)37/h3-5,8-9,13,15,19-20,25-26,29,32-33,35-36,38-39H,6-7,10-12,14,16-18,21-24H2,1-2H3/t25-,26-,29-,32-,33+,35+,36-,37+/m0/s1. The van der Waals surface area contributed by atoms with Gasteiger partial charge in [0.2, 0.25) is 0 Å². The number of hydrogen-bond donors (Lipinski definition) is 2. The Morgan fingerprint density at radius 2 is 1.78 bits per heavy atom. The van der Waals surface area contributed by atoms with Gasteiger partial charge >= 0.3 is 0 Å². The summed E-state index contributed by atoms with van der Waals surface area (Å²) >= 11 is 0. The van der Waals surface area contributed by atoms with Gasteiger partial charge < -0.3 is 10.2 Å². The van der Waals surface area contributed by atoms with Crippen LogP contribution in [0, 0.1) is 40.9 Å². The summed E-state index contributed by atoms with van der Waals surface area (Å²) < 4.78 is 0. The van der Waals surface area contributed by atoms with Crippen molar-refractivity contribution in [2.45, 2.75) is 90.6 Å². The number of phenolic OH excluding ortho intramolecular Hbond substituents is 1. The highest BCUT2D eigenvalue weighted by atomic mass is 33.1. The minimum atomic E-state index is -0.284. The van der Waals surface area contributed by atoms with Gasteiger partial charge in [-0.15, -0.1) is 0 Å². The fourth-order valence-electron chi connectivity index (χ4n) is 9.22. The van der Waals surface area contributed by atoms with Crippen LogP contribution in [0.4, 0.5) is 0 Å². The Bertz CT molecular complexity index is 1210. The largest absolute Gasteiger partial charge is 0.508 e. The van der Waals surface area contributed by atoms with Crippen LogP contribution in [0.15, 0.2) is 54.6 Å². The molecule has 41 heavy (non-hydrogen) atoms. The first-order chi connectivity index (χ1) is 19.9. The van der Waals surface area contributed by atoms with Gasteiger partial charge in [0.1, 0.15) is 5.75 Å². The zero-order valence-corrected chi connectivity index (χ0v) is 26.8. The molecule has 3 aliphatic carbocycles. The minimum absolute atomic E-state index is 0.284. The van der Waals surface area contributed by atoms with E-state index in [1.165, 1.54) is 73.0 Å². The molecule has 1 heterocycles. The fourth-order valence-corrected chi connectivity index (χ4v) is 12.2. The molecule has 0 amide bonds. The second-order valence-electron chi connectivity index (χ2n) is 14.2.